The van der Waals surface area contributed by atoms with Crippen LogP contribution in [-0.2, 0) is 25.5 Å². The lowest BCUT2D eigenvalue weighted by Gasteiger charge is -2.27. The predicted octanol–water partition coefficient (Wildman–Crippen LogP) is 3.95. The summed E-state index contributed by atoms with van der Waals surface area (Å²) in [5, 5.41) is 0. The van der Waals surface area contributed by atoms with Crippen LogP contribution < -0.4 is 11.4 Å². The first kappa shape index (κ1) is 28.5. The van der Waals surface area contributed by atoms with Gasteiger partial charge in [-0.1, -0.05) is 36.8 Å². The molecule has 0 aliphatic carbocycles. The van der Waals surface area contributed by atoms with Gasteiger partial charge in [-0.2, -0.15) is 4.98 Å². The number of ether oxygens (including phenoxy) is 3. The molecule has 202 valence electrons. The predicted molar refractivity (Wildman–Crippen MR) is 142 cm³/mol. The Balaban J connectivity index is 1.35. The van der Waals surface area contributed by atoms with Gasteiger partial charge in [-0.05, 0) is 45.2 Å². The number of rotatable bonds is 11. The van der Waals surface area contributed by atoms with E-state index in [-0.39, 0.29) is 36.3 Å². The van der Waals surface area contributed by atoms with Crippen LogP contribution in [0.25, 0.3) is 0 Å². The van der Waals surface area contributed by atoms with Gasteiger partial charge in [0.15, 0.2) is 0 Å². The maximum absolute atomic E-state index is 12.7. The molecule has 1 saturated heterocycles. The Morgan fingerprint density at radius 3 is 2.65 bits per heavy atom. The van der Waals surface area contributed by atoms with Crippen molar-refractivity contribution in [2.45, 2.75) is 70.3 Å². The minimum Gasteiger partial charge on any atom is -0.462 e. The molecular weight excluding hydrogens is 496 g/mol. The van der Waals surface area contributed by atoms with E-state index in [9.17, 15) is 14.4 Å². The molecule has 0 unspecified atom stereocenters. The van der Waals surface area contributed by atoms with Gasteiger partial charge in [0.05, 0.1) is 0 Å². The first-order valence-corrected chi connectivity index (χ1v) is 13.4. The fraction of sp³-hybridized carbons (Fsp3) is 0.538. The van der Waals surface area contributed by atoms with Crippen molar-refractivity contribution in [1.82, 2.24) is 14.5 Å². The first-order chi connectivity index (χ1) is 17.6. The number of carbonyl (C=O) groups is 2. The van der Waals surface area contributed by atoms with E-state index in [0.717, 1.165) is 18.4 Å². The number of benzene rings is 1. The number of nitrogen functional groups attached to an aromatic ring is 1. The van der Waals surface area contributed by atoms with Gasteiger partial charge in [0.2, 0.25) is 0 Å². The average Bonchev–Trinajstić information content (AvgIpc) is 3.30. The highest BCUT2D eigenvalue weighted by molar-refractivity contribution is 8.00. The Hall–Kier alpha value is -3.05. The molecule has 2 heterocycles. The molecule has 1 aromatic heterocycles. The Bertz CT molecular complexity index is 1090. The summed E-state index contributed by atoms with van der Waals surface area (Å²) in [5.74, 6) is 0.406. The molecule has 0 radical (unpaired) electrons. The minimum absolute atomic E-state index is 0.112. The second-order valence-corrected chi connectivity index (χ2v) is 11.0. The Kier molecular flexibility index (Phi) is 10.4. The number of unbranched alkanes of at least 4 members (excludes halogenated alkanes) is 2. The number of esters is 1. The third-order valence-electron chi connectivity index (χ3n) is 5.45. The van der Waals surface area contributed by atoms with E-state index in [4.69, 9.17) is 19.9 Å². The molecule has 10 nitrogen and oxygen atoms in total. The van der Waals surface area contributed by atoms with Gasteiger partial charge >= 0.3 is 17.8 Å². The Morgan fingerprint density at radius 2 is 1.95 bits per heavy atom. The van der Waals surface area contributed by atoms with Crippen LogP contribution in [0.4, 0.5) is 10.6 Å². The summed E-state index contributed by atoms with van der Waals surface area (Å²) in [6, 6.07) is 11.3. The van der Waals surface area contributed by atoms with Crippen LogP contribution in [-0.4, -0.2) is 56.5 Å². The first-order valence-electron chi connectivity index (χ1n) is 12.4. The number of thioether (sulfide) groups is 1. The molecule has 1 aliphatic heterocycles. The number of hydrogen-bond donors (Lipinski definition) is 1. The van der Waals surface area contributed by atoms with Crippen molar-refractivity contribution in [3.63, 3.8) is 0 Å². The standard InChI is InChI=1S/C26H36N4O6S/c1-26(2,3)36-25(33)29(16-19-10-6-4-7-11-19)14-9-5-8-12-22(31)34-17-23-35-21(18-37-23)30-15-13-20(27)28-24(30)32/h4,6-7,10-11,13,15,21,23H,5,8-9,12,14,16-18H2,1-3H3,(H2,27,28,32)/t21-,23+/m1/s1. The normalized spacial score (nSPS) is 17.4. The zero-order valence-electron chi connectivity index (χ0n) is 21.6. The molecule has 37 heavy (non-hydrogen) atoms. The highest BCUT2D eigenvalue weighted by Crippen LogP contribution is 2.31. The van der Waals surface area contributed by atoms with E-state index < -0.39 is 17.5 Å². The quantitative estimate of drug-likeness (QED) is 0.338. The van der Waals surface area contributed by atoms with Gasteiger partial charge in [0, 0.05) is 31.5 Å². The van der Waals surface area contributed by atoms with Crippen molar-refractivity contribution in [1.29, 1.82) is 0 Å². The van der Waals surface area contributed by atoms with Crippen LogP contribution in [0.1, 0.15) is 58.2 Å². The lowest BCUT2D eigenvalue weighted by atomic mass is 10.1. The fourth-order valence-corrected chi connectivity index (χ4v) is 4.66. The maximum Gasteiger partial charge on any atom is 0.410 e. The highest BCUT2D eigenvalue weighted by atomic mass is 32.2. The minimum atomic E-state index is -0.570. The molecule has 0 saturated carbocycles. The summed E-state index contributed by atoms with van der Waals surface area (Å²) in [6.45, 7) is 6.66. The summed E-state index contributed by atoms with van der Waals surface area (Å²) >= 11 is 1.47. The summed E-state index contributed by atoms with van der Waals surface area (Å²) in [7, 11) is 0. The van der Waals surface area contributed by atoms with Crippen molar-refractivity contribution in [3.05, 3.63) is 58.6 Å². The second kappa shape index (κ2) is 13.5. The second-order valence-electron chi connectivity index (χ2n) is 9.78. The smallest absolute Gasteiger partial charge is 0.410 e. The molecule has 0 spiro atoms. The number of aromatic nitrogens is 2. The van der Waals surface area contributed by atoms with Crippen molar-refractivity contribution in [2.24, 2.45) is 0 Å². The van der Waals surface area contributed by atoms with Gasteiger partial charge < -0.3 is 24.8 Å². The van der Waals surface area contributed by atoms with Gasteiger partial charge in [-0.15, -0.1) is 11.8 Å². The number of nitrogens with zero attached hydrogens (tertiary/aromatic N) is 3. The number of nitrogens with two attached hydrogens (primary N) is 1. The lowest BCUT2D eigenvalue weighted by molar-refractivity contribution is -0.147. The number of anilines is 1. The molecule has 0 bridgehead atoms. The van der Waals surface area contributed by atoms with E-state index in [0.29, 0.717) is 25.3 Å². The Morgan fingerprint density at radius 1 is 1.19 bits per heavy atom. The average molecular weight is 533 g/mol. The number of hydrogen-bond acceptors (Lipinski definition) is 9. The topological polar surface area (TPSA) is 126 Å². The molecule has 2 N–H and O–H groups in total. The molecule has 1 amide bonds. The summed E-state index contributed by atoms with van der Waals surface area (Å²) < 4.78 is 18.1. The summed E-state index contributed by atoms with van der Waals surface area (Å²) in [6.07, 6.45) is 3.18. The van der Waals surface area contributed by atoms with Crippen molar-refractivity contribution < 1.29 is 23.8 Å². The van der Waals surface area contributed by atoms with Gasteiger partial charge in [0.25, 0.3) is 0 Å². The van der Waals surface area contributed by atoms with Crippen molar-refractivity contribution in [2.75, 3.05) is 24.6 Å². The van der Waals surface area contributed by atoms with Crippen LogP contribution in [0, 0.1) is 0 Å². The molecule has 2 atom stereocenters. The lowest BCUT2D eigenvalue weighted by Crippen LogP contribution is -2.37. The molecule has 1 fully saturated rings. The van der Waals surface area contributed by atoms with Gasteiger partial charge in [-0.25, -0.2) is 9.59 Å². The van der Waals surface area contributed by atoms with Crippen LogP contribution in [0.5, 0.6) is 0 Å². The SMILES string of the molecule is CC(C)(C)OC(=O)N(CCCCCC(=O)OC[C@H]1O[C@@H](n2ccc(N)nc2=O)CS1)Cc1ccccc1. The fourth-order valence-electron chi connectivity index (χ4n) is 3.67. The van der Waals surface area contributed by atoms with Crippen molar-refractivity contribution in [3.8, 4) is 0 Å². The highest BCUT2D eigenvalue weighted by Gasteiger charge is 2.29. The molecule has 2 aromatic rings. The summed E-state index contributed by atoms with van der Waals surface area (Å²) in [4.78, 5) is 42.3. The molecular formula is C26H36N4O6S. The van der Waals surface area contributed by atoms with E-state index >= 15 is 0 Å². The van der Waals surface area contributed by atoms with E-state index in [1.165, 1.54) is 22.4 Å². The molecule has 11 heteroatoms. The largest absolute Gasteiger partial charge is 0.462 e. The van der Waals surface area contributed by atoms with E-state index in [1.807, 2.05) is 51.1 Å². The zero-order valence-corrected chi connectivity index (χ0v) is 22.4. The molecule has 3 rings (SSSR count). The zero-order chi connectivity index (χ0) is 26.8. The maximum atomic E-state index is 12.7. The van der Waals surface area contributed by atoms with Crippen LogP contribution in [0.15, 0.2) is 47.4 Å². The van der Waals surface area contributed by atoms with E-state index in [1.54, 1.807) is 11.1 Å². The third-order valence-corrected chi connectivity index (χ3v) is 6.55. The van der Waals surface area contributed by atoms with Crippen LogP contribution in [0.3, 0.4) is 0 Å². The van der Waals surface area contributed by atoms with Crippen LogP contribution >= 0.6 is 11.8 Å². The number of carbonyl (C=O) groups excluding carboxylic acids is 2. The third kappa shape index (κ3) is 9.73. The summed E-state index contributed by atoms with van der Waals surface area (Å²) in [5.41, 5.74) is 5.16. The Labute approximate surface area is 221 Å². The van der Waals surface area contributed by atoms with Gasteiger partial charge in [0.1, 0.15) is 29.7 Å². The number of amides is 1. The van der Waals surface area contributed by atoms with Crippen LogP contribution in [0.2, 0.25) is 0 Å². The van der Waals surface area contributed by atoms with Crippen molar-refractivity contribution >= 4 is 29.6 Å². The monoisotopic (exact) mass is 532 g/mol. The van der Waals surface area contributed by atoms with E-state index in [2.05, 4.69) is 4.98 Å². The molecule has 1 aromatic carbocycles. The molecule has 1 aliphatic rings. The van der Waals surface area contributed by atoms with Gasteiger partial charge in [-0.3, -0.25) is 9.36 Å².